The SMILES string of the molecule is OCCC(F)(F)C(F)(F)C(F)(F)C(F)(F)C(F)(F)C(F)(F)C(F)(F)C(F)(F)C(F)(F)C(F)(F)C(F)(F)C(F)(C(F)(F)F)C(F)(F)F. The number of halogens is 29. The minimum absolute atomic E-state index is 2.52. The highest BCUT2D eigenvalue weighted by molar-refractivity contribution is 5.22. The molecule has 0 bridgehead atoms. The highest BCUT2D eigenvalue weighted by atomic mass is 19.4. The van der Waals surface area contributed by atoms with Crippen LogP contribution in [0.25, 0.3) is 0 Å². The molecule has 0 spiro atoms. The number of rotatable bonds is 13. The number of hydrogen-bond acceptors (Lipinski definition) is 1. The van der Waals surface area contributed by atoms with E-state index in [2.05, 4.69) is 0 Å². The van der Waals surface area contributed by atoms with E-state index < -0.39 is 96.2 Å². The van der Waals surface area contributed by atoms with Crippen molar-refractivity contribution in [2.75, 3.05) is 6.61 Å². The fraction of sp³-hybridized carbons (Fsp3) is 1.00. The Bertz CT molecular complexity index is 1080. The van der Waals surface area contributed by atoms with Crippen molar-refractivity contribution in [3.8, 4) is 0 Å². The third-order valence-corrected chi connectivity index (χ3v) is 5.65. The molecule has 0 aliphatic carbocycles. The molecular formula is C16H5F29O. The summed E-state index contributed by atoms with van der Waals surface area (Å²) in [7, 11) is 0. The molecule has 0 aromatic heterocycles. The molecule has 46 heavy (non-hydrogen) atoms. The van der Waals surface area contributed by atoms with Gasteiger partial charge in [0.15, 0.2) is 0 Å². The molecule has 0 radical (unpaired) electrons. The summed E-state index contributed by atoms with van der Waals surface area (Å²) in [5.74, 6) is -103. The Kier molecular flexibility index (Phi) is 10.2. The Morgan fingerprint density at radius 2 is 0.435 bits per heavy atom. The van der Waals surface area contributed by atoms with E-state index in [-0.39, 0.29) is 0 Å². The maximum Gasteiger partial charge on any atom is 0.438 e. The molecule has 0 rings (SSSR count). The van der Waals surface area contributed by atoms with E-state index in [0.29, 0.717) is 0 Å². The van der Waals surface area contributed by atoms with Crippen molar-refractivity contribution in [2.45, 2.75) is 89.6 Å². The molecule has 0 atom stereocenters. The van der Waals surface area contributed by atoms with Crippen LogP contribution >= 0.6 is 0 Å². The van der Waals surface area contributed by atoms with Crippen molar-refractivity contribution in [2.24, 2.45) is 0 Å². The fourth-order valence-corrected chi connectivity index (χ4v) is 2.84. The second-order valence-corrected chi connectivity index (χ2v) is 8.58. The van der Waals surface area contributed by atoms with Crippen LogP contribution in [-0.4, -0.2) is 94.9 Å². The Morgan fingerprint density at radius 3 is 0.609 bits per heavy atom. The summed E-state index contributed by atoms with van der Waals surface area (Å²) in [4.78, 5) is 0. The van der Waals surface area contributed by atoms with Crippen molar-refractivity contribution < 1.29 is 132 Å². The van der Waals surface area contributed by atoms with Gasteiger partial charge in [-0.1, -0.05) is 0 Å². The highest BCUT2D eigenvalue weighted by Crippen LogP contribution is 2.69. The third-order valence-electron chi connectivity index (χ3n) is 5.65. The Labute approximate surface area is 230 Å². The Balaban J connectivity index is 7.64. The molecule has 30 heteroatoms. The summed E-state index contributed by atoms with van der Waals surface area (Å²) >= 11 is 0. The van der Waals surface area contributed by atoms with Crippen LogP contribution in [-0.2, 0) is 0 Å². The quantitative estimate of drug-likeness (QED) is 0.186. The summed E-state index contributed by atoms with van der Waals surface area (Å²) in [6.07, 6.45) is -20.7. The summed E-state index contributed by atoms with van der Waals surface area (Å²) in [6.45, 7) is -2.52. The van der Waals surface area contributed by atoms with Gasteiger partial charge in [0.2, 0.25) is 0 Å². The number of aliphatic hydroxyl groups is 1. The summed E-state index contributed by atoms with van der Waals surface area (Å²) in [5, 5.41) is 8.03. The molecule has 1 nitrogen and oxygen atoms in total. The molecule has 0 aromatic rings. The molecule has 0 saturated carbocycles. The zero-order chi connectivity index (χ0) is 38.4. The molecule has 0 unspecified atom stereocenters. The van der Waals surface area contributed by atoms with E-state index in [0.717, 1.165) is 0 Å². The van der Waals surface area contributed by atoms with Crippen LogP contribution in [0.4, 0.5) is 127 Å². The number of hydrogen-bond donors (Lipinski definition) is 1. The van der Waals surface area contributed by atoms with Crippen molar-refractivity contribution in [3.05, 3.63) is 0 Å². The first-order chi connectivity index (χ1) is 19.3. The van der Waals surface area contributed by atoms with Gasteiger partial charge in [0.05, 0.1) is 0 Å². The van der Waals surface area contributed by atoms with Gasteiger partial charge in [-0.15, -0.1) is 0 Å². The van der Waals surface area contributed by atoms with Crippen molar-refractivity contribution in [1.82, 2.24) is 0 Å². The minimum atomic E-state index is -9.98. The molecule has 0 aromatic carbocycles. The second kappa shape index (κ2) is 10.7. The van der Waals surface area contributed by atoms with Gasteiger partial charge in [-0.2, -0.15) is 123 Å². The highest BCUT2D eigenvalue weighted by Gasteiger charge is 3.01. The summed E-state index contributed by atoms with van der Waals surface area (Å²) in [6, 6.07) is 0. The zero-order valence-corrected chi connectivity index (χ0v) is 19.8. The van der Waals surface area contributed by atoms with Crippen LogP contribution in [0, 0.1) is 0 Å². The molecular weight excluding hydrogens is 759 g/mol. The third kappa shape index (κ3) is 4.97. The second-order valence-electron chi connectivity index (χ2n) is 8.58. The van der Waals surface area contributed by atoms with E-state index in [4.69, 9.17) is 5.11 Å². The number of aliphatic hydroxyl groups excluding tert-OH is 1. The van der Waals surface area contributed by atoms with E-state index in [1.54, 1.807) is 0 Å². The van der Waals surface area contributed by atoms with Crippen LogP contribution in [0.2, 0.25) is 0 Å². The van der Waals surface area contributed by atoms with Gasteiger partial charge in [-0.05, 0) is 0 Å². The van der Waals surface area contributed by atoms with Gasteiger partial charge in [0, 0.05) is 13.0 Å². The maximum absolute atomic E-state index is 13.7. The smallest absolute Gasteiger partial charge is 0.396 e. The molecule has 0 fully saturated rings. The van der Waals surface area contributed by atoms with Gasteiger partial charge < -0.3 is 5.11 Å². The molecule has 0 aliphatic heterocycles. The van der Waals surface area contributed by atoms with Gasteiger partial charge in [-0.3, -0.25) is 0 Å². The van der Waals surface area contributed by atoms with E-state index >= 15 is 0 Å². The molecule has 0 aliphatic rings. The first-order valence-electron chi connectivity index (χ1n) is 9.90. The standard InChI is InChI=1S/C16H5F29O/c17-3(18,1-2-46)5(20,21)7(24,25)9(28,29)11(32,33)13(36,37)14(38,39)12(34,35)10(30,31)8(26,27)6(22,23)4(19,15(40,41)42)16(43,44)45/h46H,1-2H2. The zero-order valence-electron chi connectivity index (χ0n) is 19.8. The molecule has 0 amide bonds. The summed E-state index contributed by atoms with van der Waals surface area (Å²) in [5.41, 5.74) is -9.29. The van der Waals surface area contributed by atoms with Crippen LogP contribution < -0.4 is 0 Å². The average molecular weight is 764 g/mol. The van der Waals surface area contributed by atoms with Crippen molar-refractivity contribution in [3.63, 3.8) is 0 Å². The minimum Gasteiger partial charge on any atom is -0.396 e. The monoisotopic (exact) mass is 764 g/mol. The molecule has 0 saturated heterocycles. The van der Waals surface area contributed by atoms with E-state index in [1.807, 2.05) is 0 Å². The van der Waals surface area contributed by atoms with Gasteiger partial charge in [0.25, 0.3) is 0 Å². The largest absolute Gasteiger partial charge is 0.438 e. The first-order valence-corrected chi connectivity index (χ1v) is 9.90. The summed E-state index contributed by atoms with van der Waals surface area (Å²) < 4.78 is 386. The van der Waals surface area contributed by atoms with Crippen LogP contribution in [0.1, 0.15) is 6.42 Å². The number of alkyl halides is 29. The Morgan fingerprint density at radius 1 is 0.261 bits per heavy atom. The van der Waals surface area contributed by atoms with Crippen LogP contribution in [0.15, 0.2) is 0 Å². The fourth-order valence-electron chi connectivity index (χ4n) is 2.84. The van der Waals surface area contributed by atoms with Crippen molar-refractivity contribution >= 4 is 0 Å². The molecule has 278 valence electrons. The predicted molar refractivity (Wildman–Crippen MR) is 82.1 cm³/mol. The average Bonchev–Trinajstić information content (AvgIpc) is 2.80. The first kappa shape index (κ1) is 43.9. The maximum atomic E-state index is 13.7. The van der Waals surface area contributed by atoms with Crippen molar-refractivity contribution in [1.29, 1.82) is 0 Å². The van der Waals surface area contributed by atoms with E-state index in [9.17, 15) is 127 Å². The lowest BCUT2D eigenvalue weighted by molar-refractivity contribution is -0.489. The lowest BCUT2D eigenvalue weighted by Gasteiger charge is -2.47. The topological polar surface area (TPSA) is 20.2 Å². The van der Waals surface area contributed by atoms with Crippen LogP contribution in [0.5, 0.6) is 0 Å². The Hall–Kier alpha value is -2.07. The van der Waals surface area contributed by atoms with E-state index in [1.165, 1.54) is 0 Å². The lowest BCUT2D eigenvalue weighted by Crippen LogP contribution is -2.80. The molecule has 0 heterocycles. The normalized spacial score (nSPS) is 17.1. The van der Waals surface area contributed by atoms with Crippen LogP contribution in [0.3, 0.4) is 0 Å². The van der Waals surface area contributed by atoms with Gasteiger partial charge in [0.1, 0.15) is 0 Å². The van der Waals surface area contributed by atoms with Gasteiger partial charge >= 0.3 is 83.2 Å². The lowest BCUT2D eigenvalue weighted by atomic mass is 9.81. The van der Waals surface area contributed by atoms with Gasteiger partial charge in [-0.25, -0.2) is 4.39 Å². The molecule has 1 N–H and O–H groups in total. The predicted octanol–water partition coefficient (Wildman–Crippen LogP) is 9.19.